The summed E-state index contributed by atoms with van der Waals surface area (Å²) in [4.78, 5) is 21.9. The zero-order valence-electron chi connectivity index (χ0n) is 8.83. The largest absolute Gasteiger partial charge is 0.465 e. The number of hydrogen-bond acceptors (Lipinski definition) is 2. The van der Waals surface area contributed by atoms with Crippen LogP contribution in [0.15, 0.2) is 18.2 Å². The Morgan fingerprint density at radius 2 is 2.00 bits per heavy atom. The van der Waals surface area contributed by atoms with E-state index in [2.05, 4.69) is 5.32 Å². The third kappa shape index (κ3) is 3.80. The van der Waals surface area contributed by atoms with E-state index in [0.717, 1.165) is 0 Å². The van der Waals surface area contributed by atoms with Gasteiger partial charge in [0, 0.05) is 0 Å². The Hall–Kier alpha value is -1.46. The molecule has 0 radical (unpaired) electrons. The minimum Gasteiger partial charge on any atom is -0.465 e. The number of rotatable bonds is 3. The molecule has 17 heavy (non-hydrogen) atoms. The first-order chi connectivity index (χ1) is 7.91. The molecule has 0 aromatic heterocycles. The molecule has 3 N–H and O–H groups in total. The van der Waals surface area contributed by atoms with Crippen molar-refractivity contribution in [3.05, 3.63) is 28.2 Å². The summed E-state index contributed by atoms with van der Waals surface area (Å²) in [5, 5.41) is 13.5. The van der Waals surface area contributed by atoms with Crippen LogP contribution in [0, 0.1) is 0 Å². The van der Waals surface area contributed by atoms with Crippen molar-refractivity contribution in [3.63, 3.8) is 0 Å². The molecule has 7 heteroatoms. The molecule has 0 fully saturated rings. The Bertz CT molecular complexity index is 451. The van der Waals surface area contributed by atoms with Gasteiger partial charge in [0.05, 0.1) is 15.7 Å². The molecule has 0 aliphatic rings. The van der Waals surface area contributed by atoms with Crippen LogP contribution in [0.4, 0.5) is 10.5 Å². The molecule has 1 atom stereocenters. The van der Waals surface area contributed by atoms with E-state index in [-0.39, 0.29) is 5.02 Å². The summed E-state index contributed by atoms with van der Waals surface area (Å²) in [5.74, 6) is -0.517. The Kier molecular flexibility index (Phi) is 4.60. The van der Waals surface area contributed by atoms with Gasteiger partial charge in [-0.25, -0.2) is 4.79 Å². The van der Waals surface area contributed by atoms with Crippen molar-refractivity contribution in [2.75, 3.05) is 5.32 Å². The maximum atomic E-state index is 11.6. The first-order valence-corrected chi connectivity index (χ1v) is 5.41. The Labute approximate surface area is 108 Å². The van der Waals surface area contributed by atoms with E-state index in [4.69, 9.17) is 28.3 Å². The maximum Gasteiger partial charge on any atom is 0.405 e. The van der Waals surface area contributed by atoms with Crippen LogP contribution in [0.2, 0.25) is 10.0 Å². The van der Waals surface area contributed by atoms with Gasteiger partial charge in [-0.3, -0.25) is 4.79 Å². The molecule has 92 valence electrons. The monoisotopic (exact) mass is 276 g/mol. The van der Waals surface area contributed by atoms with Crippen LogP contribution in [-0.2, 0) is 4.79 Å². The van der Waals surface area contributed by atoms with Crippen LogP contribution < -0.4 is 10.6 Å². The summed E-state index contributed by atoms with van der Waals surface area (Å²) in [7, 11) is 0. The van der Waals surface area contributed by atoms with Gasteiger partial charge < -0.3 is 15.7 Å². The van der Waals surface area contributed by atoms with Crippen molar-refractivity contribution in [2.45, 2.75) is 13.0 Å². The fourth-order valence-corrected chi connectivity index (χ4v) is 1.44. The summed E-state index contributed by atoms with van der Waals surface area (Å²) < 4.78 is 0. The lowest BCUT2D eigenvalue weighted by Crippen LogP contribution is -2.40. The van der Waals surface area contributed by atoms with Gasteiger partial charge in [0.25, 0.3) is 0 Å². The number of hydrogen-bond donors (Lipinski definition) is 3. The van der Waals surface area contributed by atoms with E-state index >= 15 is 0 Å². The molecule has 0 saturated heterocycles. The second-order valence-electron chi connectivity index (χ2n) is 3.26. The van der Waals surface area contributed by atoms with Crippen molar-refractivity contribution in [3.8, 4) is 0 Å². The summed E-state index contributed by atoms with van der Waals surface area (Å²) in [6.45, 7) is 1.42. The molecule has 1 aromatic carbocycles. The number of amides is 2. The Morgan fingerprint density at radius 3 is 2.59 bits per heavy atom. The zero-order valence-corrected chi connectivity index (χ0v) is 10.3. The van der Waals surface area contributed by atoms with E-state index < -0.39 is 18.0 Å². The number of benzene rings is 1. The standard InChI is InChI=1S/C10H10Cl2N2O3/c1-5(13-10(16)17)9(15)14-7-4-2-3-6(11)8(7)12/h2-5,13H,1H3,(H,14,15)(H,16,17). The van der Waals surface area contributed by atoms with Gasteiger partial charge in [0.1, 0.15) is 6.04 Å². The summed E-state index contributed by atoms with van der Waals surface area (Å²) >= 11 is 11.6. The predicted molar refractivity (Wildman–Crippen MR) is 65.7 cm³/mol. The van der Waals surface area contributed by atoms with Crippen molar-refractivity contribution in [1.29, 1.82) is 0 Å². The molecular formula is C10H10Cl2N2O3. The minimum atomic E-state index is -1.27. The third-order valence-corrected chi connectivity index (χ3v) is 2.76. The number of halogens is 2. The summed E-state index contributed by atoms with van der Waals surface area (Å²) in [6, 6.07) is 3.89. The topological polar surface area (TPSA) is 78.4 Å². The molecule has 1 unspecified atom stereocenters. The van der Waals surface area contributed by atoms with E-state index in [9.17, 15) is 9.59 Å². The molecule has 1 rings (SSSR count). The van der Waals surface area contributed by atoms with Crippen LogP contribution in [0.1, 0.15) is 6.92 Å². The fraction of sp³-hybridized carbons (Fsp3) is 0.200. The van der Waals surface area contributed by atoms with E-state index in [1.165, 1.54) is 6.92 Å². The normalized spacial score (nSPS) is 11.7. The second-order valence-corrected chi connectivity index (χ2v) is 4.05. The molecule has 0 saturated carbocycles. The van der Waals surface area contributed by atoms with Gasteiger partial charge in [0.15, 0.2) is 0 Å². The molecule has 0 spiro atoms. The predicted octanol–water partition coefficient (Wildman–Crippen LogP) is 2.59. The van der Waals surface area contributed by atoms with E-state index in [1.807, 2.05) is 5.32 Å². The highest BCUT2D eigenvalue weighted by Crippen LogP contribution is 2.29. The van der Waals surface area contributed by atoms with Crippen LogP contribution in [0.3, 0.4) is 0 Å². The van der Waals surface area contributed by atoms with E-state index in [0.29, 0.717) is 10.7 Å². The fourth-order valence-electron chi connectivity index (χ4n) is 1.09. The number of carbonyl (C=O) groups is 2. The van der Waals surface area contributed by atoms with Crippen molar-refractivity contribution >= 4 is 40.9 Å². The highest BCUT2D eigenvalue weighted by molar-refractivity contribution is 6.44. The van der Waals surface area contributed by atoms with Gasteiger partial charge in [-0.15, -0.1) is 0 Å². The lowest BCUT2D eigenvalue weighted by molar-refractivity contribution is -0.117. The minimum absolute atomic E-state index is 0.213. The summed E-state index contributed by atoms with van der Waals surface area (Å²) in [6.07, 6.45) is -1.27. The van der Waals surface area contributed by atoms with Gasteiger partial charge >= 0.3 is 6.09 Å². The molecule has 1 aromatic rings. The average Bonchev–Trinajstić information content (AvgIpc) is 2.23. The highest BCUT2D eigenvalue weighted by atomic mass is 35.5. The first kappa shape index (κ1) is 13.6. The van der Waals surface area contributed by atoms with Crippen molar-refractivity contribution in [1.82, 2.24) is 5.32 Å². The number of anilines is 1. The smallest absolute Gasteiger partial charge is 0.405 e. The first-order valence-electron chi connectivity index (χ1n) is 4.66. The molecule has 2 amide bonds. The van der Waals surface area contributed by atoms with Crippen LogP contribution in [0.5, 0.6) is 0 Å². The maximum absolute atomic E-state index is 11.6. The molecular weight excluding hydrogens is 267 g/mol. The lowest BCUT2D eigenvalue weighted by Gasteiger charge is -2.13. The highest BCUT2D eigenvalue weighted by Gasteiger charge is 2.16. The van der Waals surface area contributed by atoms with Gasteiger partial charge in [-0.1, -0.05) is 29.3 Å². The quantitative estimate of drug-likeness (QED) is 0.794. The Morgan fingerprint density at radius 1 is 1.35 bits per heavy atom. The van der Waals surface area contributed by atoms with Gasteiger partial charge in [-0.05, 0) is 19.1 Å². The SMILES string of the molecule is CC(NC(=O)O)C(=O)Nc1cccc(Cl)c1Cl. The average molecular weight is 277 g/mol. The molecule has 5 nitrogen and oxygen atoms in total. The molecule has 0 bridgehead atoms. The number of carbonyl (C=O) groups excluding carboxylic acids is 1. The van der Waals surface area contributed by atoms with Crippen molar-refractivity contribution in [2.24, 2.45) is 0 Å². The number of carboxylic acid groups (broad SMARTS) is 1. The number of nitrogens with one attached hydrogen (secondary N) is 2. The lowest BCUT2D eigenvalue weighted by atomic mass is 10.2. The van der Waals surface area contributed by atoms with Gasteiger partial charge in [0.2, 0.25) is 5.91 Å². The Balaban J connectivity index is 2.74. The van der Waals surface area contributed by atoms with Crippen LogP contribution in [-0.4, -0.2) is 23.1 Å². The zero-order chi connectivity index (χ0) is 13.0. The van der Waals surface area contributed by atoms with Crippen LogP contribution >= 0.6 is 23.2 Å². The second kappa shape index (κ2) is 5.75. The molecule has 0 aliphatic carbocycles. The van der Waals surface area contributed by atoms with E-state index in [1.54, 1.807) is 18.2 Å². The third-order valence-electron chi connectivity index (χ3n) is 1.94. The molecule has 0 aliphatic heterocycles. The van der Waals surface area contributed by atoms with Crippen molar-refractivity contribution < 1.29 is 14.7 Å². The van der Waals surface area contributed by atoms with Gasteiger partial charge in [-0.2, -0.15) is 0 Å². The van der Waals surface area contributed by atoms with Crippen LogP contribution in [0.25, 0.3) is 0 Å². The molecule has 0 heterocycles. The summed E-state index contributed by atoms with van der Waals surface area (Å²) in [5.41, 5.74) is 0.336.